The van der Waals surface area contributed by atoms with Gasteiger partial charge in [0.15, 0.2) is 0 Å². The summed E-state index contributed by atoms with van der Waals surface area (Å²) < 4.78 is 5.49. The van der Waals surface area contributed by atoms with Crippen LogP contribution in [-0.2, 0) is 4.74 Å². The fraction of sp³-hybridized carbons (Fsp3) is 0.500. The van der Waals surface area contributed by atoms with E-state index >= 15 is 0 Å². The van der Waals surface area contributed by atoms with E-state index in [0.29, 0.717) is 12.1 Å². The minimum Gasteiger partial charge on any atom is -0.379 e. The summed E-state index contributed by atoms with van der Waals surface area (Å²) in [6.07, 6.45) is 6.43. The van der Waals surface area contributed by atoms with Crippen LogP contribution in [0.5, 0.6) is 0 Å². The molecule has 5 rings (SSSR count). The molecule has 138 valence electrons. The van der Waals surface area contributed by atoms with E-state index in [4.69, 9.17) is 12.6 Å². The molecule has 3 heterocycles. The Hall–Kier alpha value is -2.12. The van der Waals surface area contributed by atoms with E-state index in [-0.39, 0.29) is 0 Å². The van der Waals surface area contributed by atoms with Gasteiger partial charge < -0.3 is 15.0 Å². The van der Waals surface area contributed by atoms with Crippen LogP contribution in [0.25, 0.3) is 21.9 Å². The number of hydrogen-bond acceptors (Lipinski definition) is 5. The summed E-state index contributed by atoms with van der Waals surface area (Å²) in [5, 5.41) is 5.87. The first-order valence-corrected chi connectivity index (χ1v) is 9.88. The summed E-state index contributed by atoms with van der Waals surface area (Å²) >= 11 is 0. The molecule has 0 bridgehead atoms. The molecule has 2 aromatic heterocycles. The molecule has 0 atom stereocenters. The molecule has 27 heavy (non-hydrogen) atoms. The van der Waals surface area contributed by atoms with Crippen molar-refractivity contribution in [1.29, 1.82) is 0 Å². The van der Waals surface area contributed by atoms with Gasteiger partial charge in [0.25, 0.3) is 0 Å². The number of rotatable bonds is 3. The van der Waals surface area contributed by atoms with Gasteiger partial charge in [-0.25, -0.2) is 9.97 Å². The molecule has 0 spiro atoms. The number of aromatic amines is 1. The summed E-state index contributed by atoms with van der Waals surface area (Å²) in [4.78, 5) is 14.9. The van der Waals surface area contributed by atoms with Crippen LogP contribution in [0, 0.1) is 0 Å². The van der Waals surface area contributed by atoms with Crippen molar-refractivity contribution in [2.75, 3.05) is 31.6 Å². The van der Waals surface area contributed by atoms with Crippen LogP contribution in [-0.4, -0.2) is 66.1 Å². The number of H-pyrrole nitrogens is 1. The number of fused-ring (bicyclic) bond motifs is 3. The molecular formula is C20H24BN5O. The highest BCUT2D eigenvalue weighted by molar-refractivity contribution is 6.33. The first-order valence-electron chi connectivity index (χ1n) is 9.88. The van der Waals surface area contributed by atoms with Crippen molar-refractivity contribution in [3.8, 4) is 0 Å². The molecule has 6 nitrogen and oxygen atoms in total. The number of hydrogen-bond donors (Lipinski definition) is 2. The lowest BCUT2D eigenvalue weighted by molar-refractivity contribution is 0.00791. The van der Waals surface area contributed by atoms with Crippen LogP contribution in [0.2, 0.25) is 0 Å². The highest BCUT2D eigenvalue weighted by Crippen LogP contribution is 2.31. The molecule has 1 aliphatic carbocycles. The van der Waals surface area contributed by atoms with Crippen LogP contribution >= 0.6 is 0 Å². The molecule has 7 heteroatoms. The number of aromatic nitrogens is 3. The number of morpholine rings is 1. The first-order chi connectivity index (χ1) is 13.3. The predicted molar refractivity (Wildman–Crippen MR) is 109 cm³/mol. The fourth-order valence-electron chi connectivity index (χ4n) is 4.58. The summed E-state index contributed by atoms with van der Waals surface area (Å²) in [7, 11) is 5.92. The third-order valence-electron chi connectivity index (χ3n) is 6.01. The maximum atomic E-state index is 5.92. The zero-order chi connectivity index (χ0) is 18.2. The summed E-state index contributed by atoms with van der Waals surface area (Å²) in [5.41, 5.74) is 2.61. The molecule has 1 aliphatic heterocycles. The van der Waals surface area contributed by atoms with E-state index in [2.05, 4.69) is 25.2 Å². The van der Waals surface area contributed by atoms with Crippen molar-refractivity contribution < 1.29 is 4.74 Å². The zero-order valence-corrected chi connectivity index (χ0v) is 15.4. The summed E-state index contributed by atoms with van der Waals surface area (Å²) in [6.45, 7) is 3.91. The second-order valence-electron chi connectivity index (χ2n) is 7.67. The minimum absolute atomic E-state index is 0.458. The van der Waals surface area contributed by atoms with Crippen molar-refractivity contribution >= 4 is 41.1 Å². The number of nitrogens with one attached hydrogen (secondary N) is 2. The lowest BCUT2D eigenvalue weighted by Crippen LogP contribution is -2.46. The lowest BCUT2D eigenvalue weighted by Gasteiger charge is -2.39. The monoisotopic (exact) mass is 361 g/mol. The maximum absolute atomic E-state index is 5.92. The van der Waals surface area contributed by atoms with E-state index in [0.717, 1.165) is 59.5 Å². The van der Waals surface area contributed by atoms with Crippen molar-refractivity contribution in [1.82, 2.24) is 19.9 Å². The van der Waals surface area contributed by atoms with Crippen LogP contribution in [0.1, 0.15) is 25.7 Å². The average Bonchev–Trinajstić information content (AvgIpc) is 3.07. The Labute approximate surface area is 160 Å². The van der Waals surface area contributed by atoms with E-state index in [1.165, 1.54) is 25.7 Å². The SMILES string of the molecule is [B]c1ccc2c(c1)[nH]c1ncnc(NC3CCC(N4CCOCC4)CC3)c12. The Morgan fingerprint density at radius 1 is 1.11 bits per heavy atom. The molecule has 1 saturated carbocycles. The van der Waals surface area contributed by atoms with Crippen molar-refractivity contribution in [3.63, 3.8) is 0 Å². The Kier molecular flexibility index (Phi) is 4.49. The number of benzene rings is 1. The third kappa shape index (κ3) is 3.30. The van der Waals surface area contributed by atoms with Crippen molar-refractivity contribution in [3.05, 3.63) is 24.5 Å². The van der Waals surface area contributed by atoms with Gasteiger partial charge in [0.2, 0.25) is 0 Å². The van der Waals surface area contributed by atoms with Gasteiger partial charge >= 0.3 is 0 Å². The molecule has 2 radical (unpaired) electrons. The van der Waals surface area contributed by atoms with Gasteiger partial charge in [-0.1, -0.05) is 17.6 Å². The van der Waals surface area contributed by atoms with E-state index in [9.17, 15) is 0 Å². The molecule has 0 unspecified atom stereocenters. The smallest absolute Gasteiger partial charge is 0.143 e. The fourth-order valence-corrected chi connectivity index (χ4v) is 4.58. The number of nitrogens with zero attached hydrogens (tertiary/aromatic N) is 3. The van der Waals surface area contributed by atoms with Crippen LogP contribution < -0.4 is 10.8 Å². The maximum Gasteiger partial charge on any atom is 0.143 e. The number of anilines is 1. The molecule has 1 aromatic carbocycles. The topological polar surface area (TPSA) is 66.1 Å². The second-order valence-corrected chi connectivity index (χ2v) is 7.67. The Balaban J connectivity index is 1.34. The van der Waals surface area contributed by atoms with Gasteiger partial charge in [0.05, 0.1) is 18.6 Å². The standard InChI is InChI=1S/C20H24BN5O/c21-13-1-6-16-17(11-13)25-20-18(16)19(22-12-23-20)24-14-2-4-15(5-3-14)26-7-9-27-10-8-26/h1,6,11-12,14-15H,2-5,7-10H2,(H2,22,23,24,25). The average molecular weight is 361 g/mol. The molecule has 2 N–H and O–H groups in total. The highest BCUT2D eigenvalue weighted by Gasteiger charge is 2.27. The molecule has 1 saturated heterocycles. The lowest BCUT2D eigenvalue weighted by atomic mass is 9.90. The van der Waals surface area contributed by atoms with Gasteiger partial charge in [-0.3, -0.25) is 4.90 Å². The van der Waals surface area contributed by atoms with Gasteiger partial charge in [-0.2, -0.15) is 0 Å². The Morgan fingerprint density at radius 2 is 1.93 bits per heavy atom. The summed E-state index contributed by atoms with van der Waals surface area (Å²) in [5.74, 6) is 0.922. The first kappa shape index (κ1) is 17.0. The van der Waals surface area contributed by atoms with Crippen LogP contribution in [0.3, 0.4) is 0 Å². The Morgan fingerprint density at radius 3 is 2.74 bits per heavy atom. The molecule has 2 fully saturated rings. The van der Waals surface area contributed by atoms with Crippen LogP contribution in [0.15, 0.2) is 24.5 Å². The zero-order valence-electron chi connectivity index (χ0n) is 15.4. The molecule has 2 aliphatic rings. The quantitative estimate of drug-likeness (QED) is 0.699. The highest BCUT2D eigenvalue weighted by atomic mass is 16.5. The minimum atomic E-state index is 0.458. The normalized spacial score (nSPS) is 24.4. The molecule has 3 aromatic rings. The molecule has 0 amide bonds. The van der Waals surface area contributed by atoms with Gasteiger partial charge in [-0.15, -0.1) is 0 Å². The van der Waals surface area contributed by atoms with Crippen molar-refractivity contribution in [2.45, 2.75) is 37.8 Å². The summed E-state index contributed by atoms with van der Waals surface area (Å²) in [6, 6.07) is 7.09. The van der Waals surface area contributed by atoms with Crippen LogP contribution in [0.4, 0.5) is 5.82 Å². The van der Waals surface area contributed by atoms with Crippen molar-refractivity contribution in [2.24, 2.45) is 0 Å². The number of ether oxygens (including phenoxy) is 1. The third-order valence-corrected chi connectivity index (χ3v) is 6.01. The van der Waals surface area contributed by atoms with E-state index in [1.807, 2.05) is 18.2 Å². The van der Waals surface area contributed by atoms with E-state index in [1.54, 1.807) is 6.33 Å². The van der Waals surface area contributed by atoms with Gasteiger partial charge in [0.1, 0.15) is 25.6 Å². The van der Waals surface area contributed by atoms with E-state index < -0.39 is 0 Å². The van der Waals surface area contributed by atoms with Gasteiger partial charge in [-0.05, 0) is 31.7 Å². The molecular weight excluding hydrogens is 337 g/mol. The second kappa shape index (κ2) is 7.13. The predicted octanol–water partition coefficient (Wildman–Crippen LogP) is 1.96. The largest absolute Gasteiger partial charge is 0.379 e. The Bertz CT molecular complexity index is 944. The van der Waals surface area contributed by atoms with Gasteiger partial charge in [0, 0.05) is 36.1 Å².